The number of rotatable bonds is 3. The molecule has 0 saturated carbocycles. The summed E-state index contributed by atoms with van der Waals surface area (Å²) in [5.41, 5.74) is -0.739. The molecule has 2 rings (SSSR count). The number of nitrogens with zero attached hydrogens (tertiary/aromatic N) is 2. The molecule has 1 aliphatic rings. The molecule has 1 aromatic rings. The van der Waals surface area contributed by atoms with Crippen molar-refractivity contribution in [1.29, 1.82) is 0 Å². The Hall–Kier alpha value is -2.15. The number of hydrogen-bond donors (Lipinski definition) is 1. The molecule has 1 saturated heterocycles. The van der Waals surface area contributed by atoms with E-state index in [4.69, 9.17) is 4.74 Å². The number of hydrogen-bond acceptors (Lipinski definition) is 5. The first-order valence-corrected chi connectivity index (χ1v) is 5.68. The van der Waals surface area contributed by atoms with E-state index in [1.807, 2.05) is 0 Å². The van der Waals surface area contributed by atoms with Gasteiger partial charge in [-0.1, -0.05) is 0 Å². The predicted molar refractivity (Wildman–Crippen MR) is 66.2 cm³/mol. The van der Waals surface area contributed by atoms with Crippen molar-refractivity contribution in [3.8, 4) is 5.75 Å². The molecular formula is C12H14N2O5. The first-order valence-electron chi connectivity index (χ1n) is 5.68. The van der Waals surface area contributed by atoms with E-state index in [9.17, 15) is 20.0 Å². The molecule has 0 unspecified atom stereocenters. The highest BCUT2D eigenvalue weighted by molar-refractivity contribution is 5.98. The van der Waals surface area contributed by atoms with Crippen molar-refractivity contribution < 1.29 is 19.6 Å². The average molecular weight is 266 g/mol. The zero-order valence-electron chi connectivity index (χ0n) is 10.6. The minimum atomic E-state index is -0.857. The maximum atomic E-state index is 12.1. The molecule has 1 heterocycles. The van der Waals surface area contributed by atoms with E-state index in [0.717, 1.165) is 0 Å². The molecule has 1 N–H and O–H groups in total. The molecule has 102 valence electrons. The monoisotopic (exact) mass is 266 g/mol. The van der Waals surface area contributed by atoms with Gasteiger partial charge in [-0.15, -0.1) is 0 Å². The summed E-state index contributed by atoms with van der Waals surface area (Å²) in [6.45, 7) is 2.13. The van der Waals surface area contributed by atoms with E-state index in [2.05, 4.69) is 0 Å². The van der Waals surface area contributed by atoms with Crippen LogP contribution in [0.3, 0.4) is 0 Å². The summed E-state index contributed by atoms with van der Waals surface area (Å²) in [5, 5.41) is 20.3. The van der Waals surface area contributed by atoms with Gasteiger partial charge in [0.05, 0.1) is 42.4 Å². The third-order valence-corrected chi connectivity index (χ3v) is 2.98. The second kappa shape index (κ2) is 4.51. The fourth-order valence-corrected chi connectivity index (χ4v) is 2.06. The van der Waals surface area contributed by atoms with Gasteiger partial charge in [0.15, 0.2) is 0 Å². The van der Waals surface area contributed by atoms with Gasteiger partial charge in [0.2, 0.25) is 0 Å². The maximum absolute atomic E-state index is 12.1. The predicted octanol–water partition coefficient (Wildman–Crippen LogP) is 0.810. The van der Waals surface area contributed by atoms with E-state index in [0.29, 0.717) is 0 Å². The number of amides is 1. The number of aliphatic hydroxyl groups is 1. The summed E-state index contributed by atoms with van der Waals surface area (Å²) in [4.78, 5) is 23.7. The van der Waals surface area contributed by atoms with Crippen LogP contribution in [0.5, 0.6) is 5.75 Å². The van der Waals surface area contributed by atoms with Gasteiger partial charge in [-0.2, -0.15) is 0 Å². The molecule has 1 aromatic carbocycles. The molecule has 0 bridgehead atoms. The Morgan fingerprint density at radius 2 is 2.16 bits per heavy atom. The van der Waals surface area contributed by atoms with Crippen LogP contribution in [0.25, 0.3) is 0 Å². The molecule has 0 atom stereocenters. The van der Waals surface area contributed by atoms with Crippen LogP contribution in [-0.2, 0) is 0 Å². The number of nitro groups is 1. The highest BCUT2D eigenvalue weighted by atomic mass is 16.6. The van der Waals surface area contributed by atoms with Crippen LogP contribution in [0.1, 0.15) is 17.3 Å². The lowest BCUT2D eigenvalue weighted by molar-refractivity contribution is -0.384. The van der Waals surface area contributed by atoms with Crippen LogP contribution in [0, 0.1) is 10.1 Å². The van der Waals surface area contributed by atoms with Gasteiger partial charge in [-0.25, -0.2) is 0 Å². The van der Waals surface area contributed by atoms with E-state index >= 15 is 0 Å². The number of methoxy groups -OCH3 is 1. The van der Waals surface area contributed by atoms with Crippen LogP contribution in [0.4, 0.5) is 5.69 Å². The largest absolute Gasteiger partial charge is 0.496 e. The Morgan fingerprint density at radius 1 is 1.53 bits per heavy atom. The minimum absolute atomic E-state index is 0.135. The Bertz CT molecular complexity index is 533. The quantitative estimate of drug-likeness (QED) is 0.645. The van der Waals surface area contributed by atoms with E-state index in [1.165, 1.54) is 30.2 Å². The van der Waals surface area contributed by atoms with Gasteiger partial charge in [-0.3, -0.25) is 14.9 Å². The molecule has 1 aliphatic heterocycles. The zero-order valence-corrected chi connectivity index (χ0v) is 10.6. The Morgan fingerprint density at radius 3 is 2.63 bits per heavy atom. The molecule has 7 heteroatoms. The molecule has 19 heavy (non-hydrogen) atoms. The summed E-state index contributed by atoms with van der Waals surface area (Å²) in [5.74, 6) is -0.149. The van der Waals surface area contributed by atoms with Crippen molar-refractivity contribution >= 4 is 11.6 Å². The number of carbonyl (C=O) groups is 1. The van der Waals surface area contributed by atoms with Crippen molar-refractivity contribution in [3.05, 3.63) is 33.9 Å². The molecular weight excluding hydrogens is 252 g/mol. The van der Waals surface area contributed by atoms with Gasteiger partial charge >= 0.3 is 0 Å². The van der Waals surface area contributed by atoms with Crippen LogP contribution >= 0.6 is 0 Å². The Balaban J connectivity index is 2.25. The van der Waals surface area contributed by atoms with Crippen molar-refractivity contribution in [3.63, 3.8) is 0 Å². The van der Waals surface area contributed by atoms with Crippen LogP contribution < -0.4 is 4.74 Å². The van der Waals surface area contributed by atoms with E-state index in [-0.39, 0.29) is 36.0 Å². The van der Waals surface area contributed by atoms with Crippen molar-refractivity contribution in [2.75, 3.05) is 20.2 Å². The summed E-state index contributed by atoms with van der Waals surface area (Å²) in [6.07, 6.45) is 0. The van der Waals surface area contributed by atoms with Crippen molar-refractivity contribution in [2.45, 2.75) is 12.5 Å². The third-order valence-electron chi connectivity index (χ3n) is 2.98. The van der Waals surface area contributed by atoms with E-state index in [1.54, 1.807) is 6.92 Å². The zero-order chi connectivity index (χ0) is 14.2. The number of benzene rings is 1. The molecule has 0 aromatic heterocycles. The number of carbonyl (C=O) groups excluding carboxylic acids is 1. The number of likely N-dealkylation sites (tertiary alicyclic amines) is 1. The first kappa shape index (κ1) is 13.3. The smallest absolute Gasteiger partial charge is 0.273 e. The van der Waals surface area contributed by atoms with Crippen LogP contribution in [0.15, 0.2) is 18.2 Å². The molecule has 7 nitrogen and oxygen atoms in total. The van der Waals surface area contributed by atoms with Crippen molar-refractivity contribution in [1.82, 2.24) is 4.90 Å². The number of non-ortho nitro benzene ring substituents is 1. The topological polar surface area (TPSA) is 92.9 Å². The van der Waals surface area contributed by atoms with Gasteiger partial charge in [-0.05, 0) is 13.0 Å². The second-order valence-electron chi connectivity index (χ2n) is 4.80. The van der Waals surface area contributed by atoms with Crippen molar-refractivity contribution in [2.24, 2.45) is 0 Å². The molecule has 0 radical (unpaired) electrons. The van der Waals surface area contributed by atoms with Crippen LogP contribution in [-0.4, -0.2) is 46.6 Å². The molecule has 1 fully saturated rings. The lowest BCUT2D eigenvalue weighted by atomic mass is 9.95. The fourth-order valence-electron chi connectivity index (χ4n) is 2.06. The summed E-state index contributed by atoms with van der Waals surface area (Å²) in [6, 6.07) is 3.84. The average Bonchev–Trinajstić information content (AvgIpc) is 2.34. The Labute approximate surface area is 109 Å². The summed E-state index contributed by atoms with van der Waals surface area (Å²) >= 11 is 0. The maximum Gasteiger partial charge on any atom is 0.273 e. The highest BCUT2D eigenvalue weighted by Crippen LogP contribution is 2.29. The SMILES string of the molecule is COc1cc([N+](=O)[O-])ccc1C(=O)N1CC(C)(O)C1. The van der Waals surface area contributed by atoms with Crippen LogP contribution in [0.2, 0.25) is 0 Å². The van der Waals surface area contributed by atoms with Gasteiger partial charge in [0.25, 0.3) is 11.6 Å². The fraction of sp³-hybridized carbons (Fsp3) is 0.417. The third kappa shape index (κ3) is 2.50. The molecule has 0 spiro atoms. The number of ether oxygens (including phenoxy) is 1. The molecule has 0 aliphatic carbocycles. The summed E-state index contributed by atoms with van der Waals surface area (Å²) in [7, 11) is 1.35. The van der Waals surface area contributed by atoms with Gasteiger partial charge < -0.3 is 14.7 Å². The normalized spacial score (nSPS) is 16.7. The lowest BCUT2D eigenvalue weighted by Crippen LogP contribution is -2.61. The van der Waals surface area contributed by atoms with E-state index < -0.39 is 10.5 Å². The summed E-state index contributed by atoms with van der Waals surface area (Å²) < 4.78 is 5.01. The Kier molecular flexibility index (Phi) is 3.15. The first-order chi connectivity index (χ1) is 8.84. The van der Waals surface area contributed by atoms with Gasteiger partial charge in [0, 0.05) is 6.07 Å². The second-order valence-corrected chi connectivity index (χ2v) is 4.80. The standard InChI is InChI=1S/C12H14N2O5/c1-12(16)6-13(7-12)11(15)9-4-3-8(14(17)18)5-10(9)19-2/h3-5,16H,6-7H2,1-2H3. The minimum Gasteiger partial charge on any atom is -0.496 e. The highest BCUT2D eigenvalue weighted by Gasteiger charge is 2.40. The molecule has 1 amide bonds. The van der Waals surface area contributed by atoms with Gasteiger partial charge in [0.1, 0.15) is 5.75 Å². The number of β-amino-alcohol motifs (C(OH)–C–C–N with tert-alkyl or cyclic N) is 1. The lowest BCUT2D eigenvalue weighted by Gasteiger charge is -2.44. The number of nitro benzene ring substituents is 1.